The van der Waals surface area contributed by atoms with Crippen LogP contribution in [0.5, 0.6) is 5.75 Å². The van der Waals surface area contributed by atoms with E-state index in [1.54, 1.807) is 13.2 Å². The van der Waals surface area contributed by atoms with Crippen LogP contribution in [0, 0.1) is 13.8 Å². The van der Waals surface area contributed by atoms with Gasteiger partial charge in [-0.05, 0) is 56.3 Å². The van der Waals surface area contributed by atoms with Crippen molar-refractivity contribution >= 4 is 23.2 Å². The Labute approximate surface area is 188 Å². The molecule has 0 saturated heterocycles. The Morgan fingerprint density at radius 2 is 1.88 bits per heavy atom. The van der Waals surface area contributed by atoms with Crippen molar-refractivity contribution in [1.82, 2.24) is 15.1 Å². The lowest BCUT2D eigenvalue weighted by molar-refractivity contribution is 0.0977. The van der Waals surface area contributed by atoms with E-state index in [0.717, 1.165) is 34.1 Å². The molecule has 2 aromatic carbocycles. The molecule has 2 N–H and O–H groups in total. The molecular formula is C24H30N6O2. The number of aryl methyl sites for hydroxylation is 2. The molecule has 0 fully saturated rings. The predicted octanol–water partition coefficient (Wildman–Crippen LogP) is 3.51. The third kappa shape index (κ3) is 5.46. The molecule has 3 aromatic rings. The minimum Gasteiger partial charge on any atom is -0.497 e. The topological polar surface area (TPSA) is 83.8 Å². The molecule has 0 spiro atoms. The number of aromatic nitrogens is 2. The number of nitrogens with zero attached hydrogens (tertiary/aromatic N) is 4. The first kappa shape index (κ1) is 22.9. The van der Waals surface area contributed by atoms with Crippen LogP contribution in [0.25, 0.3) is 0 Å². The molecule has 1 aromatic heterocycles. The zero-order chi connectivity index (χ0) is 23.3. The van der Waals surface area contributed by atoms with Crippen LogP contribution < -0.4 is 20.3 Å². The number of aliphatic imine (C=N–C) groups is 1. The minimum absolute atomic E-state index is 0.243. The van der Waals surface area contributed by atoms with Gasteiger partial charge in [0.2, 0.25) is 5.96 Å². The molecule has 8 nitrogen and oxygen atoms in total. The van der Waals surface area contributed by atoms with Crippen LogP contribution in [0.4, 0.5) is 11.4 Å². The lowest BCUT2D eigenvalue weighted by Crippen LogP contribution is -2.36. The number of ether oxygens (including phenoxy) is 1. The fourth-order valence-electron chi connectivity index (χ4n) is 3.23. The van der Waals surface area contributed by atoms with Gasteiger partial charge in [-0.15, -0.1) is 0 Å². The maximum absolute atomic E-state index is 13.0. The summed E-state index contributed by atoms with van der Waals surface area (Å²) in [6.45, 7) is 4.36. The van der Waals surface area contributed by atoms with Gasteiger partial charge in [-0.3, -0.25) is 14.8 Å². The number of hydrogen-bond donors (Lipinski definition) is 2. The number of anilines is 2. The highest BCUT2D eigenvalue weighted by molar-refractivity contribution is 6.10. The number of carbonyl (C=O) groups excluding carboxylic acids is 1. The first-order valence-electron chi connectivity index (χ1n) is 10.3. The third-order valence-electron chi connectivity index (χ3n) is 5.26. The molecule has 168 valence electrons. The van der Waals surface area contributed by atoms with E-state index in [-0.39, 0.29) is 5.91 Å². The highest BCUT2D eigenvalue weighted by atomic mass is 16.5. The number of hydrogen-bond acceptors (Lipinski definition) is 5. The van der Waals surface area contributed by atoms with Crippen molar-refractivity contribution in [2.75, 3.05) is 31.4 Å². The molecule has 0 unspecified atom stereocenters. The summed E-state index contributed by atoms with van der Waals surface area (Å²) in [6.07, 6.45) is 0. The normalized spacial score (nSPS) is 11.2. The largest absolute Gasteiger partial charge is 0.497 e. The lowest BCUT2D eigenvalue weighted by atomic mass is 10.2. The molecule has 0 bridgehead atoms. The zero-order valence-corrected chi connectivity index (χ0v) is 19.4. The smallest absolute Gasteiger partial charge is 0.258 e. The van der Waals surface area contributed by atoms with Gasteiger partial charge in [0.15, 0.2) is 0 Å². The van der Waals surface area contributed by atoms with Crippen LogP contribution in [0.2, 0.25) is 0 Å². The Morgan fingerprint density at radius 3 is 2.47 bits per heavy atom. The Morgan fingerprint density at radius 1 is 1.16 bits per heavy atom. The number of rotatable bonds is 6. The number of nitrogens with one attached hydrogen (secondary N) is 2. The molecular weight excluding hydrogens is 404 g/mol. The summed E-state index contributed by atoms with van der Waals surface area (Å²) < 4.78 is 7.06. The second-order valence-corrected chi connectivity index (χ2v) is 7.69. The Hall–Kier alpha value is -3.81. The van der Waals surface area contributed by atoms with E-state index >= 15 is 0 Å². The van der Waals surface area contributed by atoms with Crippen molar-refractivity contribution in [2.24, 2.45) is 12.0 Å². The maximum atomic E-state index is 13.0. The number of benzene rings is 2. The second-order valence-electron chi connectivity index (χ2n) is 7.69. The quantitative estimate of drug-likeness (QED) is 0.458. The van der Waals surface area contributed by atoms with Gasteiger partial charge in [-0.1, -0.05) is 6.07 Å². The Bertz CT molecular complexity index is 1120. The van der Waals surface area contributed by atoms with Gasteiger partial charge in [-0.2, -0.15) is 5.10 Å². The number of methoxy groups -OCH3 is 1. The van der Waals surface area contributed by atoms with Gasteiger partial charge in [0, 0.05) is 49.3 Å². The number of carbonyl (C=O) groups is 1. The summed E-state index contributed by atoms with van der Waals surface area (Å²) in [5.41, 5.74) is 5.27. The molecule has 0 aliphatic rings. The molecule has 8 heteroatoms. The van der Waals surface area contributed by atoms with E-state index in [9.17, 15) is 4.79 Å². The van der Waals surface area contributed by atoms with Gasteiger partial charge in [0.05, 0.1) is 19.3 Å². The molecule has 1 heterocycles. The number of amides is 1. The van der Waals surface area contributed by atoms with Gasteiger partial charge in [0.1, 0.15) is 5.75 Å². The molecule has 0 radical (unpaired) electrons. The van der Waals surface area contributed by atoms with Crippen LogP contribution >= 0.6 is 0 Å². The van der Waals surface area contributed by atoms with Crippen LogP contribution in [-0.2, 0) is 13.6 Å². The van der Waals surface area contributed by atoms with Crippen LogP contribution in [0.15, 0.2) is 53.5 Å². The maximum Gasteiger partial charge on any atom is 0.258 e. The van der Waals surface area contributed by atoms with Crippen LogP contribution in [0.1, 0.15) is 27.3 Å². The summed E-state index contributed by atoms with van der Waals surface area (Å²) in [7, 11) is 7.41. The zero-order valence-electron chi connectivity index (χ0n) is 19.4. The third-order valence-corrected chi connectivity index (χ3v) is 5.26. The summed E-state index contributed by atoms with van der Waals surface area (Å²) in [5, 5.41) is 10.6. The standard InChI is InChI=1S/C24H30N6O2/c1-16-22(17(2)30(5)28-16)15-25-24(26-19-10-12-21(32-6)13-11-19)27-23(31)18-8-7-9-20(14-18)29(3)4/h7-14H,15H2,1-6H3,(H2,25,26,27,31). The fraction of sp³-hybridized carbons (Fsp3) is 0.292. The predicted molar refractivity (Wildman–Crippen MR) is 129 cm³/mol. The van der Waals surface area contributed by atoms with E-state index in [2.05, 4.69) is 20.7 Å². The summed E-state index contributed by atoms with van der Waals surface area (Å²) in [6, 6.07) is 14.9. The van der Waals surface area contributed by atoms with E-state index in [1.165, 1.54) is 0 Å². The Balaban J connectivity index is 1.86. The van der Waals surface area contributed by atoms with Crippen molar-refractivity contribution in [3.63, 3.8) is 0 Å². The molecule has 0 aliphatic heterocycles. The molecule has 3 rings (SSSR count). The first-order chi connectivity index (χ1) is 15.3. The van der Waals surface area contributed by atoms with Gasteiger partial charge < -0.3 is 15.0 Å². The van der Waals surface area contributed by atoms with Gasteiger partial charge >= 0.3 is 0 Å². The second kappa shape index (κ2) is 10.00. The van der Waals surface area contributed by atoms with Crippen molar-refractivity contribution < 1.29 is 9.53 Å². The van der Waals surface area contributed by atoms with Crippen LogP contribution in [-0.4, -0.2) is 42.9 Å². The average molecular weight is 435 g/mol. The minimum atomic E-state index is -0.243. The van der Waals surface area contributed by atoms with E-state index < -0.39 is 0 Å². The molecule has 1 amide bonds. The van der Waals surface area contributed by atoms with Crippen LogP contribution in [0.3, 0.4) is 0 Å². The monoisotopic (exact) mass is 434 g/mol. The van der Waals surface area contributed by atoms with Gasteiger partial charge in [-0.25, -0.2) is 4.99 Å². The van der Waals surface area contributed by atoms with Crippen molar-refractivity contribution in [2.45, 2.75) is 20.4 Å². The van der Waals surface area contributed by atoms with E-state index in [0.29, 0.717) is 18.1 Å². The highest BCUT2D eigenvalue weighted by Crippen LogP contribution is 2.17. The first-order valence-corrected chi connectivity index (χ1v) is 10.3. The van der Waals surface area contributed by atoms with Crippen molar-refractivity contribution in [1.29, 1.82) is 0 Å². The summed E-state index contributed by atoms with van der Waals surface area (Å²) >= 11 is 0. The summed E-state index contributed by atoms with van der Waals surface area (Å²) in [5.74, 6) is 0.867. The van der Waals surface area contributed by atoms with E-state index in [1.807, 2.05) is 87.0 Å². The van der Waals surface area contributed by atoms with Gasteiger partial charge in [0.25, 0.3) is 5.91 Å². The SMILES string of the molecule is COc1ccc(NC(=NCc2c(C)nn(C)c2C)NC(=O)c2cccc(N(C)C)c2)cc1. The molecule has 0 atom stereocenters. The fourth-order valence-corrected chi connectivity index (χ4v) is 3.23. The highest BCUT2D eigenvalue weighted by Gasteiger charge is 2.13. The molecule has 32 heavy (non-hydrogen) atoms. The Kier molecular flexibility index (Phi) is 7.14. The number of guanidine groups is 1. The van der Waals surface area contributed by atoms with Crippen molar-refractivity contribution in [3.05, 3.63) is 71.0 Å². The van der Waals surface area contributed by atoms with Crippen molar-refractivity contribution in [3.8, 4) is 5.75 Å². The lowest BCUT2D eigenvalue weighted by Gasteiger charge is -2.15. The van der Waals surface area contributed by atoms with E-state index in [4.69, 9.17) is 4.74 Å². The summed E-state index contributed by atoms with van der Waals surface area (Å²) in [4.78, 5) is 19.6. The average Bonchev–Trinajstić information content (AvgIpc) is 3.03. The molecule has 0 aliphatic carbocycles. The molecule has 0 saturated carbocycles.